The number of aromatic carboxylic acids is 1. The Bertz CT molecular complexity index is 636. The van der Waals surface area contributed by atoms with E-state index in [0.29, 0.717) is 6.07 Å². The van der Waals surface area contributed by atoms with Gasteiger partial charge in [-0.25, -0.2) is 13.6 Å². The zero-order valence-electron chi connectivity index (χ0n) is 10.6. The Morgan fingerprint density at radius 2 is 1.38 bits per heavy atom. The van der Waals surface area contributed by atoms with Gasteiger partial charge in [0, 0.05) is 11.6 Å². The largest absolute Gasteiger partial charge is 0.508 e. The van der Waals surface area contributed by atoms with Crippen LogP contribution in [-0.4, -0.2) is 22.1 Å². The summed E-state index contributed by atoms with van der Waals surface area (Å²) in [5.41, 5.74) is 4.79. The fourth-order valence-corrected chi connectivity index (χ4v) is 1.30. The van der Waals surface area contributed by atoms with Crippen LogP contribution in [0.1, 0.15) is 20.7 Å². The van der Waals surface area contributed by atoms with Gasteiger partial charge < -0.3 is 15.9 Å². The van der Waals surface area contributed by atoms with Crippen LogP contribution >= 0.6 is 0 Å². The Hall–Kier alpha value is -2.96. The zero-order chi connectivity index (χ0) is 16.0. The minimum absolute atomic E-state index is 0.0741. The Labute approximate surface area is 118 Å². The van der Waals surface area contributed by atoms with Crippen LogP contribution in [-0.2, 0) is 0 Å². The Kier molecular flexibility index (Phi) is 5.36. The molecular formula is C14H11F2NO4. The maximum absolute atomic E-state index is 12.3. The predicted octanol–water partition coefficient (Wildman–Crippen LogP) is 2.15. The quantitative estimate of drug-likeness (QED) is 0.790. The van der Waals surface area contributed by atoms with E-state index in [1.165, 1.54) is 24.3 Å². The summed E-state index contributed by atoms with van der Waals surface area (Å²) in [4.78, 5) is 20.6. The van der Waals surface area contributed by atoms with Gasteiger partial charge in [0.15, 0.2) is 0 Å². The molecule has 0 aliphatic rings. The number of amides is 1. The molecule has 7 heteroatoms. The number of carboxylic acids is 1. The lowest BCUT2D eigenvalue weighted by atomic mass is 10.2. The number of hydrogen-bond acceptors (Lipinski definition) is 3. The second kappa shape index (κ2) is 6.99. The topological polar surface area (TPSA) is 101 Å². The van der Waals surface area contributed by atoms with Crippen molar-refractivity contribution in [3.8, 4) is 5.75 Å². The number of phenolic OH excluding ortho intramolecular Hbond substituents is 1. The minimum Gasteiger partial charge on any atom is -0.508 e. The summed E-state index contributed by atoms with van der Waals surface area (Å²) in [5.74, 6) is -3.37. The number of halogens is 2. The third-order valence-corrected chi connectivity index (χ3v) is 2.26. The van der Waals surface area contributed by atoms with Gasteiger partial charge >= 0.3 is 5.97 Å². The van der Waals surface area contributed by atoms with Gasteiger partial charge in [0.25, 0.3) is 0 Å². The normalized spacial score (nSPS) is 9.43. The lowest BCUT2D eigenvalue weighted by Gasteiger charge is -1.94. The first-order valence-corrected chi connectivity index (χ1v) is 5.58. The molecule has 1 amide bonds. The van der Waals surface area contributed by atoms with Crippen molar-refractivity contribution in [2.45, 2.75) is 0 Å². The van der Waals surface area contributed by atoms with Crippen molar-refractivity contribution in [3.63, 3.8) is 0 Å². The van der Waals surface area contributed by atoms with Crippen molar-refractivity contribution in [2.24, 2.45) is 5.73 Å². The number of nitrogens with two attached hydrogens (primary N) is 1. The monoisotopic (exact) mass is 295 g/mol. The minimum atomic E-state index is -0.986. The van der Waals surface area contributed by atoms with Gasteiger partial charge in [0.2, 0.25) is 5.91 Å². The summed E-state index contributed by atoms with van der Waals surface area (Å²) >= 11 is 0. The SMILES string of the molecule is NC(=O)c1cc(F)cc(F)c1.O=C(O)c1ccc(O)cc1. The lowest BCUT2D eigenvalue weighted by molar-refractivity contribution is 0.0696. The Morgan fingerprint density at radius 1 is 0.905 bits per heavy atom. The van der Waals surface area contributed by atoms with E-state index in [-0.39, 0.29) is 16.9 Å². The third-order valence-electron chi connectivity index (χ3n) is 2.26. The highest BCUT2D eigenvalue weighted by Crippen LogP contribution is 2.09. The van der Waals surface area contributed by atoms with Crippen LogP contribution in [0.4, 0.5) is 8.78 Å². The number of benzene rings is 2. The smallest absolute Gasteiger partial charge is 0.335 e. The molecule has 110 valence electrons. The van der Waals surface area contributed by atoms with Gasteiger partial charge in [-0.1, -0.05) is 0 Å². The van der Waals surface area contributed by atoms with E-state index in [2.05, 4.69) is 0 Å². The summed E-state index contributed by atoms with van der Waals surface area (Å²) in [6.07, 6.45) is 0. The third kappa shape index (κ3) is 5.27. The van der Waals surface area contributed by atoms with Crippen molar-refractivity contribution in [2.75, 3.05) is 0 Å². The fraction of sp³-hybridized carbons (Fsp3) is 0. The summed E-state index contributed by atoms with van der Waals surface area (Å²) in [6.45, 7) is 0. The van der Waals surface area contributed by atoms with Crippen molar-refractivity contribution in [3.05, 3.63) is 65.2 Å². The van der Waals surface area contributed by atoms with Crippen molar-refractivity contribution < 1.29 is 28.6 Å². The average Bonchev–Trinajstić information content (AvgIpc) is 2.38. The van der Waals surface area contributed by atoms with Crippen LogP contribution in [0.5, 0.6) is 5.75 Å². The summed E-state index contributed by atoms with van der Waals surface area (Å²) in [7, 11) is 0. The van der Waals surface area contributed by atoms with Crippen LogP contribution in [0.2, 0.25) is 0 Å². The molecule has 0 bridgehead atoms. The highest BCUT2D eigenvalue weighted by molar-refractivity contribution is 5.92. The molecule has 2 aromatic carbocycles. The highest BCUT2D eigenvalue weighted by atomic mass is 19.1. The van der Waals surface area contributed by atoms with Crippen molar-refractivity contribution in [1.82, 2.24) is 0 Å². The maximum Gasteiger partial charge on any atom is 0.335 e. The number of primary amides is 1. The predicted molar refractivity (Wildman–Crippen MR) is 69.9 cm³/mol. The van der Waals surface area contributed by atoms with Gasteiger partial charge in [-0.2, -0.15) is 0 Å². The average molecular weight is 295 g/mol. The molecule has 21 heavy (non-hydrogen) atoms. The standard InChI is InChI=1S/C7H5F2NO.C7H6O3/c8-5-1-4(7(10)11)2-6(9)3-5;8-6-3-1-5(2-4-6)7(9)10/h1-3H,(H2,10,11);1-4,8H,(H,9,10). The molecule has 0 aromatic heterocycles. The molecule has 0 heterocycles. The highest BCUT2D eigenvalue weighted by Gasteiger charge is 2.04. The second-order valence-electron chi connectivity index (χ2n) is 3.87. The summed E-state index contributed by atoms with van der Waals surface area (Å²) in [5, 5.41) is 17.1. The molecule has 0 aliphatic heterocycles. The van der Waals surface area contributed by atoms with E-state index in [9.17, 15) is 18.4 Å². The lowest BCUT2D eigenvalue weighted by Crippen LogP contribution is -2.11. The van der Waals surface area contributed by atoms with Crippen LogP contribution in [0.3, 0.4) is 0 Å². The molecule has 0 atom stereocenters. The summed E-state index contributed by atoms with van der Waals surface area (Å²) in [6, 6.07) is 7.80. The van der Waals surface area contributed by atoms with E-state index in [4.69, 9.17) is 15.9 Å². The number of rotatable bonds is 2. The van der Waals surface area contributed by atoms with Crippen LogP contribution in [0.15, 0.2) is 42.5 Å². The summed E-state index contributed by atoms with van der Waals surface area (Å²) < 4.78 is 24.7. The van der Waals surface area contributed by atoms with E-state index < -0.39 is 23.5 Å². The van der Waals surface area contributed by atoms with E-state index >= 15 is 0 Å². The van der Waals surface area contributed by atoms with E-state index in [0.717, 1.165) is 12.1 Å². The Morgan fingerprint density at radius 3 is 1.76 bits per heavy atom. The van der Waals surface area contributed by atoms with Crippen LogP contribution in [0, 0.1) is 11.6 Å². The van der Waals surface area contributed by atoms with Crippen molar-refractivity contribution in [1.29, 1.82) is 0 Å². The van der Waals surface area contributed by atoms with E-state index in [1.807, 2.05) is 0 Å². The van der Waals surface area contributed by atoms with Gasteiger partial charge in [-0.05, 0) is 36.4 Å². The number of aromatic hydroxyl groups is 1. The molecule has 5 nitrogen and oxygen atoms in total. The molecule has 0 saturated carbocycles. The molecule has 0 spiro atoms. The van der Waals surface area contributed by atoms with Crippen LogP contribution < -0.4 is 5.73 Å². The van der Waals surface area contributed by atoms with Gasteiger partial charge in [-0.15, -0.1) is 0 Å². The molecular weight excluding hydrogens is 284 g/mol. The van der Waals surface area contributed by atoms with Gasteiger partial charge in [0.1, 0.15) is 17.4 Å². The van der Waals surface area contributed by atoms with Crippen molar-refractivity contribution >= 4 is 11.9 Å². The van der Waals surface area contributed by atoms with Crippen LogP contribution in [0.25, 0.3) is 0 Å². The van der Waals surface area contributed by atoms with Gasteiger partial charge in [-0.3, -0.25) is 4.79 Å². The molecule has 0 saturated heterocycles. The first-order valence-electron chi connectivity index (χ1n) is 5.58. The fourth-order valence-electron chi connectivity index (χ4n) is 1.30. The number of carbonyl (C=O) groups is 2. The molecule has 0 aliphatic carbocycles. The maximum atomic E-state index is 12.3. The number of phenols is 1. The molecule has 2 rings (SSSR count). The van der Waals surface area contributed by atoms with Gasteiger partial charge in [0.05, 0.1) is 5.56 Å². The number of carbonyl (C=O) groups excluding carboxylic acids is 1. The Balaban J connectivity index is 0.000000211. The molecule has 0 unspecified atom stereocenters. The molecule has 0 fully saturated rings. The number of carboxylic acid groups (broad SMARTS) is 1. The first kappa shape index (κ1) is 16.1. The molecule has 4 N–H and O–H groups in total. The first-order chi connectivity index (χ1) is 9.79. The van der Waals surface area contributed by atoms with E-state index in [1.54, 1.807) is 0 Å². The molecule has 2 aromatic rings. The zero-order valence-corrected chi connectivity index (χ0v) is 10.6. The number of hydrogen-bond donors (Lipinski definition) is 3. The molecule has 0 radical (unpaired) electrons. The second-order valence-corrected chi connectivity index (χ2v) is 3.87.